The second-order valence-electron chi connectivity index (χ2n) is 6.51. The number of dihydropyridines is 1. The molecule has 0 saturated carbocycles. The van der Waals surface area contributed by atoms with E-state index in [1.165, 1.54) is 11.8 Å². The lowest BCUT2D eigenvalue weighted by atomic mass is 9.84. The molecule has 7 heteroatoms. The number of carboxylic acids is 1. The van der Waals surface area contributed by atoms with Crippen LogP contribution in [0.2, 0.25) is 0 Å². The topological polar surface area (TPSA) is 81.7 Å². The van der Waals surface area contributed by atoms with Crippen LogP contribution in [0.4, 0.5) is 0 Å². The van der Waals surface area contributed by atoms with Crippen molar-refractivity contribution in [2.75, 3.05) is 19.6 Å². The molecule has 0 aromatic rings. The van der Waals surface area contributed by atoms with Gasteiger partial charge in [-0.25, -0.2) is 4.79 Å². The molecule has 0 aromatic carbocycles. The van der Waals surface area contributed by atoms with Gasteiger partial charge in [-0.1, -0.05) is 11.8 Å². The van der Waals surface area contributed by atoms with Crippen molar-refractivity contribution in [3.8, 4) is 0 Å². The highest BCUT2D eigenvalue weighted by atomic mass is 32.2. The van der Waals surface area contributed by atoms with Crippen LogP contribution in [0.15, 0.2) is 45.5 Å². The Morgan fingerprint density at radius 2 is 2.08 bits per heavy atom. The number of rotatable bonds is 3. The van der Waals surface area contributed by atoms with Crippen LogP contribution in [-0.2, 0) is 9.59 Å². The molecule has 1 atom stereocenters. The van der Waals surface area contributed by atoms with Crippen LogP contribution in [0.3, 0.4) is 0 Å². The van der Waals surface area contributed by atoms with Gasteiger partial charge in [0.25, 0.3) is 5.91 Å². The molecule has 5 aliphatic rings. The Labute approximate surface area is 144 Å². The molecule has 6 nitrogen and oxygen atoms in total. The molecule has 3 fully saturated rings. The second-order valence-corrected chi connectivity index (χ2v) is 7.42. The number of thioether (sulfide) groups is 1. The van der Waals surface area contributed by atoms with E-state index in [1.54, 1.807) is 23.9 Å². The highest BCUT2D eigenvalue weighted by Gasteiger charge is 2.36. The minimum Gasteiger partial charge on any atom is -0.478 e. The smallest absolute Gasteiger partial charge is 0.336 e. The van der Waals surface area contributed by atoms with Crippen molar-refractivity contribution >= 4 is 23.6 Å². The molecule has 2 bridgehead atoms. The first-order valence-electron chi connectivity index (χ1n) is 8.14. The molecule has 3 N–H and O–H groups in total. The summed E-state index contributed by atoms with van der Waals surface area (Å²) in [5.41, 5.74) is 1.39. The number of hydrogen-bond acceptors (Lipinski definition) is 5. The van der Waals surface area contributed by atoms with Gasteiger partial charge in [-0.2, -0.15) is 0 Å². The molecule has 0 aliphatic carbocycles. The number of carboxylic acid groups (broad SMARTS) is 1. The fraction of sp³-hybridized carbons (Fsp3) is 0.412. The quantitative estimate of drug-likeness (QED) is 0.712. The molecule has 24 heavy (non-hydrogen) atoms. The van der Waals surface area contributed by atoms with Crippen molar-refractivity contribution < 1.29 is 14.7 Å². The second kappa shape index (κ2) is 6.14. The lowest BCUT2D eigenvalue weighted by Gasteiger charge is -2.45. The number of fused-ring (bicyclic) bond motifs is 4. The molecule has 1 amide bonds. The zero-order valence-electron chi connectivity index (χ0n) is 13.1. The van der Waals surface area contributed by atoms with Crippen LogP contribution >= 0.6 is 11.8 Å². The Kier molecular flexibility index (Phi) is 3.97. The molecule has 5 rings (SSSR count). The first-order chi connectivity index (χ1) is 11.6. The molecule has 5 aliphatic heterocycles. The molecule has 0 spiro atoms. The van der Waals surface area contributed by atoms with Gasteiger partial charge in [-0.05, 0) is 43.3 Å². The van der Waals surface area contributed by atoms with Gasteiger partial charge in [-0.3, -0.25) is 4.79 Å². The van der Waals surface area contributed by atoms with Crippen LogP contribution in [0.5, 0.6) is 0 Å². The maximum Gasteiger partial charge on any atom is 0.336 e. The zero-order valence-corrected chi connectivity index (χ0v) is 13.9. The van der Waals surface area contributed by atoms with Crippen molar-refractivity contribution in [1.29, 1.82) is 0 Å². The highest BCUT2D eigenvalue weighted by molar-refractivity contribution is 8.06. The summed E-state index contributed by atoms with van der Waals surface area (Å²) in [6, 6.07) is 0.182. The van der Waals surface area contributed by atoms with Gasteiger partial charge in [-0.15, -0.1) is 0 Å². The van der Waals surface area contributed by atoms with Crippen molar-refractivity contribution in [3.05, 3.63) is 45.5 Å². The maximum atomic E-state index is 12.8. The first kappa shape index (κ1) is 15.5. The van der Waals surface area contributed by atoms with Crippen LogP contribution < -0.4 is 10.6 Å². The summed E-state index contributed by atoms with van der Waals surface area (Å²) < 4.78 is 0. The van der Waals surface area contributed by atoms with Gasteiger partial charge in [0.2, 0.25) is 0 Å². The minimum absolute atomic E-state index is 0.134. The van der Waals surface area contributed by atoms with Gasteiger partial charge in [0, 0.05) is 35.5 Å². The Balaban J connectivity index is 1.52. The third kappa shape index (κ3) is 2.78. The van der Waals surface area contributed by atoms with Crippen molar-refractivity contribution in [2.24, 2.45) is 5.92 Å². The Bertz CT molecular complexity index is 715. The van der Waals surface area contributed by atoms with E-state index in [4.69, 9.17) is 0 Å². The van der Waals surface area contributed by atoms with Crippen molar-refractivity contribution in [3.63, 3.8) is 0 Å². The zero-order chi connectivity index (χ0) is 16.7. The lowest BCUT2D eigenvalue weighted by Crippen LogP contribution is -2.57. The van der Waals surface area contributed by atoms with Crippen molar-refractivity contribution in [1.82, 2.24) is 15.5 Å². The molecular weight excluding hydrogens is 326 g/mol. The van der Waals surface area contributed by atoms with Crippen LogP contribution in [0.25, 0.3) is 0 Å². The monoisotopic (exact) mass is 345 g/mol. The molecule has 5 heterocycles. The van der Waals surface area contributed by atoms with Crippen molar-refractivity contribution in [2.45, 2.75) is 18.9 Å². The Morgan fingerprint density at radius 1 is 1.29 bits per heavy atom. The summed E-state index contributed by atoms with van der Waals surface area (Å²) in [5.74, 6) is -0.564. The summed E-state index contributed by atoms with van der Waals surface area (Å²) in [5, 5.41) is 17.0. The number of nitrogens with zero attached hydrogens (tertiary/aromatic N) is 1. The summed E-state index contributed by atoms with van der Waals surface area (Å²) in [4.78, 5) is 27.3. The molecule has 0 unspecified atom stereocenters. The minimum atomic E-state index is -0.982. The van der Waals surface area contributed by atoms with E-state index >= 15 is 0 Å². The predicted molar refractivity (Wildman–Crippen MR) is 91.8 cm³/mol. The number of aliphatic carboxylic acids is 1. The SMILES string of the molecule is O=C(O)C1=CSC2=CNC=C(C(=O)N[C@H]3CN4CCC3CC4)C2=C1. The summed E-state index contributed by atoms with van der Waals surface area (Å²) >= 11 is 1.32. The molecule has 3 saturated heterocycles. The van der Waals surface area contributed by atoms with Gasteiger partial charge in [0.15, 0.2) is 0 Å². The van der Waals surface area contributed by atoms with E-state index in [9.17, 15) is 14.7 Å². The van der Waals surface area contributed by atoms with Crippen LogP contribution in [0.1, 0.15) is 12.8 Å². The number of nitrogens with one attached hydrogen (secondary N) is 2. The van der Waals surface area contributed by atoms with Crippen LogP contribution in [-0.4, -0.2) is 47.6 Å². The number of hydrogen-bond donors (Lipinski definition) is 3. The number of allylic oxidation sites excluding steroid dienone is 1. The van der Waals surface area contributed by atoms with Gasteiger partial charge < -0.3 is 20.6 Å². The fourth-order valence-corrected chi connectivity index (χ4v) is 4.58. The van der Waals surface area contributed by atoms with Gasteiger partial charge >= 0.3 is 5.97 Å². The summed E-state index contributed by atoms with van der Waals surface area (Å²) in [7, 11) is 0. The maximum absolute atomic E-state index is 12.8. The average Bonchev–Trinajstić information content (AvgIpc) is 2.61. The number of amides is 1. The fourth-order valence-electron chi connectivity index (χ4n) is 3.73. The summed E-state index contributed by atoms with van der Waals surface area (Å²) in [6.45, 7) is 3.17. The Morgan fingerprint density at radius 3 is 2.75 bits per heavy atom. The highest BCUT2D eigenvalue weighted by Crippen LogP contribution is 2.37. The normalized spacial score (nSPS) is 30.9. The molecule has 0 radical (unpaired) electrons. The largest absolute Gasteiger partial charge is 0.478 e. The van der Waals surface area contributed by atoms with Gasteiger partial charge in [0.05, 0.1) is 11.1 Å². The Hall–Kier alpha value is -1.99. The van der Waals surface area contributed by atoms with E-state index in [2.05, 4.69) is 15.5 Å². The number of carbonyl (C=O) groups excluding carboxylic acids is 1. The average molecular weight is 345 g/mol. The molecule has 126 valence electrons. The first-order valence-corrected chi connectivity index (χ1v) is 9.02. The van der Waals surface area contributed by atoms with Gasteiger partial charge in [0.1, 0.15) is 0 Å². The number of piperidine rings is 3. The van der Waals surface area contributed by atoms with E-state index in [-0.39, 0.29) is 17.5 Å². The van der Waals surface area contributed by atoms with E-state index in [1.807, 2.05) is 0 Å². The molecule has 0 aromatic heterocycles. The van der Waals surface area contributed by atoms with Crippen LogP contribution in [0, 0.1) is 5.92 Å². The third-order valence-corrected chi connectivity index (χ3v) is 6.04. The standard InChI is InChI=1S/C17H19N3O3S/c21-16(19-14-8-20-3-1-10(14)2-4-20)13-6-18-7-15-12(13)5-11(9-24-15)17(22)23/h5-7,9-10,14,18H,1-4,8H2,(H,19,21)(H,22,23)/t14-/m0/s1. The number of carbonyl (C=O) groups is 2. The third-order valence-electron chi connectivity index (χ3n) is 5.07. The summed E-state index contributed by atoms with van der Waals surface area (Å²) in [6.07, 6.45) is 7.29. The van der Waals surface area contributed by atoms with E-state index < -0.39 is 5.97 Å². The predicted octanol–water partition coefficient (Wildman–Crippen LogP) is 1.17. The van der Waals surface area contributed by atoms with E-state index in [0.29, 0.717) is 17.1 Å². The van der Waals surface area contributed by atoms with E-state index in [0.717, 1.165) is 37.4 Å². The molecular formula is C17H19N3O3S. The lowest BCUT2D eigenvalue weighted by molar-refractivity contribution is -0.132.